The van der Waals surface area contributed by atoms with Crippen molar-refractivity contribution >= 4 is 37.7 Å². The molecule has 0 aliphatic rings. The SMILES string of the molecule is C=CCOS(=O)(=O)O.[PbH2]. The van der Waals surface area contributed by atoms with Crippen LogP contribution in [-0.4, -0.2) is 46.9 Å². The monoisotopic (exact) mass is 348 g/mol. The molecule has 0 heterocycles. The van der Waals surface area contributed by atoms with Crippen LogP contribution in [0, 0.1) is 0 Å². The van der Waals surface area contributed by atoms with E-state index in [-0.39, 0.29) is 33.9 Å². The summed E-state index contributed by atoms with van der Waals surface area (Å²) in [6, 6.07) is 0. The van der Waals surface area contributed by atoms with Crippen molar-refractivity contribution in [2.24, 2.45) is 0 Å². The van der Waals surface area contributed by atoms with Crippen molar-refractivity contribution in [2.75, 3.05) is 6.61 Å². The van der Waals surface area contributed by atoms with Crippen LogP contribution in [0.3, 0.4) is 0 Å². The predicted molar refractivity (Wildman–Crippen MR) is 36.2 cm³/mol. The Balaban J connectivity index is 0. The molecule has 0 aliphatic heterocycles. The van der Waals surface area contributed by atoms with Gasteiger partial charge in [-0.1, -0.05) is 6.08 Å². The molecule has 0 aromatic carbocycles. The molecule has 1 N–H and O–H groups in total. The van der Waals surface area contributed by atoms with E-state index >= 15 is 0 Å². The third kappa shape index (κ3) is 11.9. The molecular formula is C3H8O4PbS. The van der Waals surface area contributed by atoms with Crippen molar-refractivity contribution in [1.82, 2.24) is 0 Å². The number of hydrogen-bond donors (Lipinski definition) is 1. The molecule has 4 nitrogen and oxygen atoms in total. The molecule has 0 unspecified atom stereocenters. The van der Waals surface area contributed by atoms with Gasteiger partial charge in [0.05, 0.1) is 6.61 Å². The van der Waals surface area contributed by atoms with E-state index in [1.807, 2.05) is 0 Å². The van der Waals surface area contributed by atoms with Crippen LogP contribution >= 0.6 is 0 Å². The second kappa shape index (κ2) is 5.33. The first kappa shape index (κ1) is 12.2. The Labute approximate surface area is 74.0 Å². The van der Waals surface area contributed by atoms with Crippen LogP contribution in [0.15, 0.2) is 12.7 Å². The second-order valence-electron chi connectivity index (χ2n) is 1.00. The van der Waals surface area contributed by atoms with E-state index in [0.717, 1.165) is 0 Å². The second-order valence-corrected chi connectivity index (χ2v) is 2.09. The van der Waals surface area contributed by atoms with Crippen LogP contribution in [0.25, 0.3) is 0 Å². The fourth-order valence-corrected chi connectivity index (χ4v) is 0.402. The standard InChI is InChI=1S/C3H6O4S.Pb.2H/c1-2-3-7-8(4,5)6;;;/h2H,1,3H2,(H,4,5,6);;;. The zero-order valence-electron chi connectivity index (χ0n) is 4.78. The van der Waals surface area contributed by atoms with Gasteiger partial charge in [0.1, 0.15) is 0 Å². The Morgan fingerprint density at radius 3 is 2.22 bits per heavy atom. The van der Waals surface area contributed by atoms with Crippen LogP contribution in [0.5, 0.6) is 0 Å². The van der Waals surface area contributed by atoms with Crippen molar-refractivity contribution < 1.29 is 17.2 Å². The maximum atomic E-state index is 9.68. The molecule has 9 heavy (non-hydrogen) atoms. The van der Waals surface area contributed by atoms with Gasteiger partial charge >= 0.3 is 37.7 Å². The van der Waals surface area contributed by atoms with E-state index in [1.54, 1.807) is 0 Å². The van der Waals surface area contributed by atoms with Crippen LogP contribution in [0.1, 0.15) is 0 Å². The third-order valence-electron chi connectivity index (χ3n) is 0.335. The molecular weight excluding hydrogens is 339 g/mol. The molecule has 6 heteroatoms. The molecule has 0 fully saturated rings. The van der Waals surface area contributed by atoms with Gasteiger partial charge in [0.15, 0.2) is 0 Å². The van der Waals surface area contributed by atoms with Crippen molar-refractivity contribution in [3.63, 3.8) is 0 Å². The summed E-state index contributed by atoms with van der Waals surface area (Å²) in [6.07, 6.45) is 1.22. The average molecular weight is 347 g/mol. The van der Waals surface area contributed by atoms with E-state index < -0.39 is 10.4 Å². The topological polar surface area (TPSA) is 63.6 Å². The van der Waals surface area contributed by atoms with Crippen molar-refractivity contribution in [2.45, 2.75) is 0 Å². The Bertz CT molecular complexity index is 161. The summed E-state index contributed by atoms with van der Waals surface area (Å²) in [5.74, 6) is 0. The first-order valence-electron chi connectivity index (χ1n) is 1.79. The van der Waals surface area contributed by atoms with Crippen LogP contribution in [-0.2, 0) is 14.6 Å². The maximum absolute atomic E-state index is 9.68. The molecule has 0 saturated heterocycles. The number of hydrogen-bond acceptors (Lipinski definition) is 3. The summed E-state index contributed by atoms with van der Waals surface area (Å²) in [5.41, 5.74) is 0. The predicted octanol–water partition coefficient (Wildman–Crippen LogP) is -0.924. The quantitative estimate of drug-likeness (QED) is 0.407. The Morgan fingerprint density at radius 1 is 1.67 bits per heavy atom. The summed E-state index contributed by atoms with van der Waals surface area (Å²) in [6.45, 7) is 2.97. The minimum absolute atomic E-state index is 0. The summed E-state index contributed by atoms with van der Waals surface area (Å²) in [7, 11) is -4.26. The van der Waals surface area contributed by atoms with Crippen molar-refractivity contribution in [3.05, 3.63) is 12.7 Å². The Hall–Kier alpha value is 0.532. The van der Waals surface area contributed by atoms with Gasteiger partial charge in [0, 0.05) is 0 Å². The van der Waals surface area contributed by atoms with Crippen LogP contribution < -0.4 is 0 Å². The third-order valence-corrected chi connectivity index (χ3v) is 0.769. The van der Waals surface area contributed by atoms with E-state index in [4.69, 9.17) is 4.55 Å². The fourth-order valence-electron chi connectivity index (χ4n) is 0.134. The van der Waals surface area contributed by atoms with Crippen molar-refractivity contribution in [1.29, 1.82) is 0 Å². The van der Waals surface area contributed by atoms with E-state index in [0.29, 0.717) is 0 Å². The van der Waals surface area contributed by atoms with Gasteiger partial charge in [-0.3, -0.25) is 4.55 Å². The van der Waals surface area contributed by atoms with Crippen LogP contribution in [0.4, 0.5) is 0 Å². The molecule has 0 spiro atoms. The van der Waals surface area contributed by atoms with Gasteiger partial charge in [0.25, 0.3) is 0 Å². The first-order valence-corrected chi connectivity index (χ1v) is 3.15. The summed E-state index contributed by atoms with van der Waals surface area (Å²) in [4.78, 5) is 0. The molecule has 0 amide bonds. The number of rotatable bonds is 3. The van der Waals surface area contributed by atoms with Gasteiger partial charge in [-0.05, 0) is 0 Å². The molecule has 54 valence electrons. The molecule has 0 atom stereocenters. The summed E-state index contributed by atoms with van der Waals surface area (Å²) in [5, 5.41) is 0. The van der Waals surface area contributed by atoms with Gasteiger partial charge in [0.2, 0.25) is 0 Å². The Morgan fingerprint density at radius 2 is 2.11 bits per heavy atom. The average Bonchev–Trinajstić information content (AvgIpc) is 1.59. The summed E-state index contributed by atoms with van der Waals surface area (Å²) >= 11 is 0. The molecule has 0 rings (SSSR count). The Kier molecular flexibility index (Phi) is 7.24. The zero-order valence-corrected chi connectivity index (χ0v) is 11.1. The van der Waals surface area contributed by atoms with Gasteiger partial charge in [-0.2, -0.15) is 8.42 Å². The van der Waals surface area contributed by atoms with Gasteiger partial charge in [-0.25, -0.2) is 4.18 Å². The molecule has 2 radical (unpaired) electrons. The van der Waals surface area contributed by atoms with Gasteiger partial charge < -0.3 is 0 Å². The molecule has 0 aliphatic carbocycles. The van der Waals surface area contributed by atoms with Crippen molar-refractivity contribution in [3.8, 4) is 0 Å². The van der Waals surface area contributed by atoms with Crippen LogP contribution in [0.2, 0.25) is 0 Å². The molecule has 0 bridgehead atoms. The molecule has 0 saturated carbocycles. The molecule has 0 aromatic heterocycles. The minimum atomic E-state index is -4.26. The van der Waals surface area contributed by atoms with E-state index in [1.165, 1.54) is 6.08 Å². The van der Waals surface area contributed by atoms with Gasteiger partial charge in [-0.15, -0.1) is 6.58 Å². The first-order chi connectivity index (χ1) is 3.56. The fraction of sp³-hybridized carbons (Fsp3) is 0.333. The molecule has 0 aromatic rings. The summed E-state index contributed by atoms with van der Waals surface area (Å²) < 4.78 is 31.0. The van der Waals surface area contributed by atoms with E-state index in [2.05, 4.69) is 10.8 Å². The normalized spacial score (nSPS) is 9.89. The zero-order chi connectivity index (χ0) is 6.62. The van der Waals surface area contributed by atoms with E-state index in [9.17, 15) is 8.42 Å².